The molecule has 1 atom stereocenters. The van der Waals surface area contributed by atoms with Crippen LogP contribution in [0, 0.1) is 12.3 Å². The Balaban J connectivity index is 2.12. The van der Waals surface area contributed by atoms with Gasteiger partial charge in [-0.1, -0.05) is 32.8 Å². The third-order valence-corrected chi connectivity index (χ3v) is 4.84. The van der Waals surface area contributed by atoms with Crippen LogP contribution in [0.15, 0.2) is 22.7 Å². The number of halogens is 1. The minimum atomic E-state index is 0.0341. The van der Waals surface area contributed by atoms with Crippen molar-refractivity contribution in [2.45, 2.75) is 52.5 Å². The summed E-state index contributed by atoms with van der Waals surface area (Å²) in [6, 6.07) is 6.14. The van der Waals surface area contributed by atoms with Crippen LogP contribution in [0.4, 0.5) is 0 Å². The van der Waals surface area contributed by atoms with E-state index in [0.29, 0.717) is 0 Å². The lowest BCUT2D eigenvalue weighted by Gasteiger charge is -2.39. The van der Waals surface area contributed by atoms with Crippen LogP contribution >= 0.6 is 15.9 Å². The highest BCUT2D eigenvalue weighted by Gasteiger charge is 2.33. The van der Waals surface area contributed by atoms with Crippen molar-refractivity contribution in [3.63, 3.8) is 0 Å². The van der Waals surface area contributed by atoms with Crippen LogP contribution in [0.1, 0.15) is 55.5 Å². The number of nitrogens with one attached hydrogen (secondary N) is 1. The molecule has 1 aliphatic carbocycles. The fraction of sp³-hybridized carbons (Fsp3) is 0.562. The van der Waals surface area contributed by atoms with Crippen molar-refractivity contribution in [3.05, 3.63) is 33.8 Å². The van der Waals surface area contributed by atoms with E-state index in [2.05, 4.69) is 35.1 Å². The molecule has 1 fully saturated rings. The molecule has 2 rings (SSSR count). The molecular weight excluding hydrogens is 302 g/mol. The van der Waals surface area contributed by atoms with Gasteiger partial charge in [-0.05, 0) is 58.8 Å². The quantitative estimate of drug-likeness (QED) is 0.855. The summed E-state index contributed by atoms with van der Waals surface area (Å²) in [6.45, 7) is 6.53. The minimum Gasteiger partial charge on any atom is -0.349 e. The van der Waals surface area contributed by atoms with E-state index in [4.69, 9.17) is 0 Å². The maximum Gasteiger partial charge on any atom is 0.252 e. The molecule has 1 aromatic carbocycles. The molecule has 0 radical (unpaired) electrons. The van der Waals surface area contributed by atoms with Crippen LogP contribution in [0.3, 0.4) is 0 Å². The van der Waals surface area contributed by atoms with Gasteiger partial charge in [0.1, 0.15) is 0 Å². The van der Waals surface area contributed by atoms with Gasteiger partial charge < -0.3 is 5.32 Å². The molecule has 104 valence electrons. The number of hydrogen-bond acceptors (Lipinski definition) is 1. The zero-order valence-corrected chi connectivity index (χ0v) is 13.5. The van der Waals surface area contributed by atoms with Crippen LogP contribution < -0.4 is 5.32 Å². The molecule has 1 saturated carbocycles. The highest BCUT2D eigenvalue weighted by molar-refractivity contribution is 9.10. The molecule has 0 saturated heterocycles. The molecule has 0 spiro atoms. The Hall–Kier alpha value is -0.830. The average molecular weight is 324 g/mol. The summed E-state index contributed by atoms with van der Waals surface area (Å²) in [4.78, 5) is 12.4. The molecule has 0 bridgehead atoms. The number of aryl methyl sites for hydroxylation is 1. The molecule has 19 heavy (non-hydrogen) atoms. The predicted octanol–water partition coefficient (Wildman–Crippen LogP) is 4.46. The zero-order valence-electron chi connectivity index (χ0n) is 11.9. The van der Waals surface area contributed by atoms with Crippen LogP contribution in [0.25, 0.3) is 0 Å². The van der Waals surface area contributed by atoms with Gasteiger partial charge in [-0.3, -0.25) is 4.79 Å². The predicted molar refractivity (Wildman–Crippen MR) is 82.4 cm³/mol. The van der Waals surface area contributed by atoms with Crippen molar-refractivity contribution in [1.29, 1.82) is 0 Å². The number of amides is 1. The van der Waals surface area contributed by atoms with Crippen molar-refractivity contribution >= 4 is 21.8 Å². The smallest absolute Gasteiger partial charge is 0.252 e. The van der Waals surface area contributed by atoms with Gasteiger partial charge in [0.15, 0.2) is 0 Å². The van der Waals surface area contributed by atoms with Crippen LogP contribution in [0.2, 0.25) is 0 Å². The Morgan fingerprint density at radius 2 is 2.11 bits per heavy atom. The summed E-state index contributed by atoms with van der Waals surface area (Å²) in [7, 11) is 0. The summed E-state index contributed by atoms with van der Waals surface area (Å²) >= 11 is 3.48. The van der Waals surface area contributed by atoms with Gasteiger partial charge in [0.2, 0.25) is 0 Å². The normalized spacial score (nSPS) is 22.0. The molecule has 3 heteroatoms. The van der Waals surface area contributed by atoms with Crippen molar-refractivity contribution in [2.75, 3.05) is 0 Å². The van der Waals surface area contributed by atoms with Gasteiger partial charge in [0, 0.05) is 10.5 Å². The Kier molecular flexibility index (Phi) is 4.34. The SMILES string of the molecule is Cc1ccc(C(=O)NC2CCCCC2(C)C)c(Br)c1. The topological polar surface area (TPSA) is 29.1 Å². The molecule has 1 N–H and O–H groups in total. The largest absolute Gasteiger partial charge is 0.349 e. The molecule has 1 aromatic rings. The second kappa shape index (κ2) is 5.66. The fourth-order valence-corrected chi connectivity index (χ4v) is 3.48. The standard InChI is InChI=1S/C16H22BrNO/c1-11-7-8-12(13(17)10-11)15(19)18-14-6-4-5-9-16(14,2)3/h7-8,10,14H,4-6,9H2,1-3H3,(H,18,19). The molecule has 0 aromatic heterocycles. The van der Waals surface area contributed by atoms with E-state index >= 15 is 0 Å². The lowest BCUT2D eigenvalue weighted by atomic mass is 9.73. The number of carbonyl (C=O) groups is 1. The van der Waals surface area contributed by atoms with E-state index < -0.39 is 0 Å². The van der Waals surface area contributed by atoms with E-state index in [-0.39, 0.29) is 17.4 Å². The zero-order chi connectivity index (χ0) is 14.0. The van der Waals surface area contributed by atoms with Crippen LogP contribution in [-0.2, 0) is 0 Å². The monoisotopic (exact) mass is 323 g/mol. The second-order valence-electron chi connectivity index (χ2n) is 6.24. The van der Waals surface area contributed by atoms with Gasteiger partial charge in [0.25, 0.3) is 5.91 Å². The van der Waals surface area contributed by atoms with Crippen molar-refractivity contribution in [3.8, 4) is 0 Å². The first kappa shape index (κ1) is 14.6. The third kappa shape index (κ3) is 3.38. The molecular formula is C16H22BrNO. The molecule has 1 aliphatic rings. The van der Waals surface area contributed by atoms with E-state index in [1.165, 1.54) is 19.3 Å². The van der Waals surface area contributed by atoms with Crippen LogP contribution in [-0.4, -0.2) is 11.9 Å². The average Bonchev–Trinajstić information content (AvgIpc) is 2.31. The first-order chi connectivity index (χ1) is 8.90. The van der Waals surface area contributed by atoms with E-state index in [1.807, 2.05) is 25.1 Å². The van der Waals surface area contributed by atoms with Gasteiger partial charge in [-0.2, -0.15) is 0 Å². The summed E-state index contributed by atoms with van der Waals surface area (Å²) in [5.41, 5.74) is 2.08. The first-order valence-electron chi connectivity index (χ1n) is 6.97. The highest BCUT2D eigenvalue weighted by atomic mass is 79.9. The third-order valence-electron chi connectivity index (χ3n) is 4.18. The Morgan fingerprint density at radius 3 is 2.74 bits per heavy atom. The Bertz CT molecular complexity index is 482. The summed E-state index contributed by atoms with van der Waals surface area (Å²) in [6.07, 6.45) is 4.76. The number of rotatable bonds is 2. The summed E-state index contributed by atoms with van der Waals surface area (Å²) in [5.74, 6) is 0.0341. The first-order valence-corrected chi connectivity index (χ1v) is 7.76. The van der Waals surface area contributed by atoms with E-state index in [1.54, 1.807) is 0 Å². The second-order valence-corrected chi connectivity index (χ2v) is 7.10. The van der Waals surface area contributed by atoms with Crippen molar-refractivity contribution in [2.24, 2.45) is 5.41 Å². The number of hydrogen-bond donors (Lipinski definition) is 1. The van der Waals surface area contributed by atoms with Gasteiger partial charge in [0.05, 0.1) is 5.56 Å². The highest BCUT2D eigenvalue weighted by Crippen LogP contribution is 2.35. The molecule has 1 unspecified atom stereocenters. The molecule has 1 amide bonds. The van der Waals surface area contributed by atoms with Gasteiger partial charge in [-0.15, -0.1) is 0 Å². The minimum absolute atomic E-state index is 0.0341. The van der Waals surface area contributed by atoms with Crippen LogP contribution in [0.5, 0.6) is 0 Å². The molecule has 2 nitrogen and oxygen atoms in total. The maximum atomic E-state index is 12.4. The maximum absolute atomic E-state index is 12.4. The van der Waals surface area contributed by atoms with Gasteiger partial charge >= 0.3 is 0 Å². The van der Waals surface area contributed by atoms with Crippen molar-refractivity contribution < 1.29 is 4.79 Å². The molecule has 0 heterocycles. The van der Waals surface area contributed by atoms with Gasteiger partial charge in [-0.25, -0.2) is 0 Å². The lowest BCUT2D eigenvalue weighted by molar-refractivity contribution is 0.0853. The summed E-state index contributed by atoms with van der Waals surface area (Å²) in [5, 5.41) is 3.22. The molecule has 0 aliphatic heterocycles. The number of carbonyl (C=O) groups excluding carboxylic acids is 1. The Morgan fingerprint density at radius 1 is 1.37 bits per heavy atom. The van der Waals surface area contributed by atoms with E-state index in [9.17, 15) is 4.79 Å². The van der Waals surface area contributed by atoms with E-state index in [0.717, 1.165) is 22.0 Å². The van der Waals surface area contributed by atoms with Crippen molar-refractivity contribution in [1.82, 2.24) is 5.32 Å². The lowest BCUT2D eigenvalue weighted by Crippen LogP contribution is -2.46. The summed E-state index contributed by atoms with van der Waals surface area (Å²) < 4.78 is 0.874. The number of benzene rings is 1. The fourth-order valence-electron chi connectivity index (χ4n) is 2.80. The Labute approximate surface area is 124 Å².